The predicted octanol–water partition coefficient (Wildman–Crippen LogP) is -0.902. The Morgan fingerprint density at radius 2 is 1.26 bits per heavy atom. The Hall–Kier alpha value is -0.330. The fraction of sp³-hybridized carbons (Fsp3) is 0.250. The molecule has 0 aliphatic rings. The SMILES string of the molecule is O=S(=O)(O)CCCS(=O)(=O)O.[H-].[Na+].c1ccccc1.c1cscn1. The van der Waals surface area contributed by atoms with E-state index >= 15 is 0 Å². The second-order valence-corrected chi connectivity index (χ2v) is 7.66. The molecule has 0 radical (unpaired) electrons. The van der Waals surface area contributed by atoms with E-state index in [-0.39, 0.29) is 37.4 Å². The molecular formula is C12H18NNaO6S3. The van der Waals surface area contributed by atoms with Gasteiger partial charge in [0.1, 0.15) is 0 Å². The molecule has 0 aliphatic heterocycles. The quantitative estimate of drug-likeness (QED) is 0.511. The van der Waals surface area contributed by atoms with Gasteiger partial charge in [-0.25, -0.2) is 0 Å². The number of hydrogen-bond donors (Lipinski definition) is 2. The summed E-state index contributed by atoms with van der Waals surface area (Å²) < 4.78 is 56.2. The first-order valence-electron chi connectivity index (χ1n) is 5.93. The number of hydrogen-bond acceptors (Lipinski definition) is 6. The van der Waals surface area contributed by atoms with Crippen LogP contribution in [0.1, 0.15) is 7.85 Å². The van der Waals surface area contributed by atoms with Crippen LogP contribution in [0.3, 0.4) is 0 Å². The van der Waals surface area contributed by atoms with Crippen LogP contribution in [0, 0.1) is 0 Å². The summed E-state index contributed by atoms with van der Waals surface area (Å²) in [5.74, 6) is -1.32. The van der Waals surface area contributed by atoms with E-state index in [1.165, 1.54) is 0 Å². The van der Waals surface area contributed by atoms with Crippen LogP contribution in [-0.2, 0) is 20.2 Å². The maximum absolute atomic E-state index is 10.00. The van der Waals surface area contributed by atoms with Gasteiger partial charge in [0.25, 0.3) is 20.2 Å². The minimum absolute atomic E-state index is 0. The Labute approximate surface area is 164 Å². The molecule has 0 saturated carbocycles. The van der Waals surface area contributed by atoms with E-state index in [1.807, 2.05) is 41.8 Å². The maximum atomic E-state index is 10.00. The zero-order valence-electron chi connectivity index (χ0n) is 13.5. The van der Waals surface area contributed by atoms with Crippen LogP contribution < -0.4 is 29.6 Å². The van der Waals surface area contributed by atoms with Crippen molar-refractivity contribution in [1.82, 2.24) is 4.98 Å². The van der Waals surface area contributed by atoms with Gasteiger partial charge in [0.15, 0.2) is 0 Å². The fourth-order valence-corrected chi connectivity index (χ4v) is 2.54. The van der Waals surface area contributed by atoms with Crippen LogP contribution in [-0.4, -0.2) is 42.4 Å². The molecule has 0 aliphatic carbocycles. The predicted molar refractivity (Wildman–Crippen MR) is 87.1 cm³/mol. The van der Waals surface area contributed by atoms with Crippen molar-refractivity contribution in [3.8, 4) is 0 Å². The van der Waals surface area contributed by atoms with E-state index in [1.54, 1.807) is 23.0 Å². The van der Waals surface area contributed by atoms with E-state index in [2.05, 4.69) is 4.98 Å². The van der Waals surface area contributed by atoms with Gasteiger partial charge in [0, 0.05) is 11.6 Å². The molecule has 23 heavy (non-hydrogen) atoms. The third-order valence-corrected chi connectivity index (χ3v) is 3.95. The first-order chi connectivity index (χ1) is 10.2. The molecule has 0 bridgehead atoms. The Balaban J connectivity index is -0.000000287. The molecule has 0 spiro atoms. The standard InChI is InChI=1S/C6H6.C3H3NS.C3H8O6S2.Na.H/c1-2-4-6-5-3-1;1-2-5-3-4-1;4-10(5,6)2-1-3-11(7,8)9;;/h1-6H;1-3H;1-3H2,(H,4,5,6)(H,7,8,9);;/q;;;+1;-1. The van der Waals surface area contributed by atoms with Crippen LogP contribution in [0.5, 0.6) is 0 Å². The normalized spacial score (nSPS) is 10.2. The van der Waals surface area contributed by atoms with Crippen molar-refractivity contribution < 1.29 is 56.9 Å². The molecule has 1 heterocycles. The number of thiazole rings is 1. The first-order valence-corrected chi connectivity index (χ1v) is 10.1. The van der Waals surface area contributed by atoms with E-state index in [9.17, 15) is 16.8 Å². The van der Waals surface area contributed by atoms with Gasteiger partial charge >= 0.3 is 29.6 Å². The van der Waals surface area contributed by atoms with Crippen molar-refractivity contribution in [3.63, 3.8) is 0 Å². The fourth-order valence-electron chi connectivity index (χ4n) is 0.984. The largest absolute Gasteiger partial charge is 1.00 e. The second-order valence-electron chi connectivity index (χ2n) is 3.76. The molecule has 2 aromatic rings. The molecule has 0 fully saturated rings. The summed E-state index contributed by atoms with van der Waals surface area (Å²) in [5, 5.41) is 1.93. The monoisotopic (exact) mass is 391 g/mol. The van der Waals surface area contributed by atoms with Crippen molar-refractivity contribution in [2.24, 2.45) is 0 Å². The van der Waals surface area contributed by atoms with Gasteiger partial charge in [-0.05, 0) is 6.42 Å². The summed E-state index contributed by atoms with van der Waals surface area (Å²) in [6.45, 7) is 0. The number of benzene rings is 1. The average Bonchev–Trinajstić information content (AvgIpc) is 2.97. The molecule has 1 aromatic carbocycles. The van der Waals surface area contributed by atoms with Gasteiger partial charge in [-0.1, -0.05) is 36.4 Å². The minimum Gasteiger partial charge on any atom is -1.00 e. The molecule has 0 unspecified atom stereocenters. The third-order valence-electron chi connectivity index (χ3n) is 1.82. The third kappa shape index (κ3) is 24.1. The Morgan fingerprint density at radius 1 is 0.870 bits per heavy atom. The van der Waals surface area contributed by atoms with Crippen molar-refractivity contribution in [3.05, 3.63) is 53.5 Å². The smallest absolute Gasteiger partial charge is 1.00 e. The van der Waals surface area contributed by atoms with E-state index in [4.69, 9.17) is 9.11 Å². The summed E-state index contributed by atoms with van der Waals surface area (Å²) in [6.07, 6.45) is 1.46. The van der Waals surface area contributed by atoms with Gasteiger partial charge in [-0.15, -0.1) is 11.3 Å². The van der Waals surface area contributed by atoms with Crippen molar-refractivity contribution >= 4 is 31.6 Å². The maximum Gasteiger partial charge on any atom is 1.00 e. The molecule has 1 aromatic heterocycles. The minimum atomic E-state index is -4.12. The number of rotatable bonds is 4. The van der Waals surface area contributed by atoms with Crippen molar-refractivity contribution in [2.75, 3.05) is 11.5 Å². The summed E-state index contributed by atoms with van der Waals surface area (Å²) >= 11 is 1.60. The molecule has 0 amide bonds. The molecular weight excluding hydrogens is 373 g/mol. The van der Waals surface area contributed by atoms with Gasteiger partial charge in [-0.2, -0.15) is 16.8 Å². The Bertz CT molecular complexity index is 605. The molecule has 0 atom stereocenters. The van der Waals surface area contributed by atoms with Crippen LogP contribution in [0.2, 0.25) is 0 Å². The van der Waals surface area contributed by atoms with E-state index in [0.717, 1.165) is 0 Å². The zero-order chi connectivity index (χ0) is 16.9. The van der Waals surface area contributed by atoms with Crippen molar-refractivity contribution in [1.29, 1.82) is 0 Å². The number of aromatic nitrogens is 1. The van der Waals surface area contributed by atoms with E-state index in [0.29, 0.717) is 0 Å². The molecule has 7 nitrogen and oxygen atoms in total. The Morgan fingerprint density at radius 3 is 1.43 bits per heavy atom. The molecule has 11 heteroatoms. The summed E-state index contributed by atoms with van der Waals surface area (Å²) in [7, 11) is -8.24. The van der Waals surface area contributed by atoms with Crippen LogP contribution >= 0.6 is 11.3 Å². The molecule has 0 saturated heterocycles. The van der Waals surface area contributed by atoms with Crippen LogP contribution in [0.15, 0.2) is 53.5 Å². The number of nitrogens with zero attached hydrogens (tertiary/aromatic N) is 1. The molecule has 126 valence electrons. The summed E-state index contributed by atoms with van der Waals surface area (Å²) in [5.41, 5.74) is 1.79. The van der Waals surface area contributed by atoms with Gasteiger partial charge in [-0.3, -0.25) is 14.1 Å². The summed E-state index contributed by atoms with van der Waals surface area (Å²) in [4.78, 5) is 3.74. The average molecular weight is 391 g/mol. The van der Waals surface area contributed by atoms with Crippen molar-refractivity contribution in [2.45, 2.75) is 6.42 Å². The van der Waals surface area contributed by atoms with Crippen LogP contribution in [0.25, 0.3) is 0 Å². The van der Waals surface area contributed by atoms with Gasteiger partial charge < -0.3 is 1.43 Å². The van der Waals surface area contributed by atoms with Crippen LogP contribution in [0.4, 0.5) is 0 Å². The van der Waals surface area contributed by atoms with E-state index < -0.39 is 31.7 Å². The topological polar surface area (TPSA) is 122 Å². The first kappa shape index (κ1) is 24.9. The second kappa shape index (κ2) is 14.1. The van der Waals surface area contributed by atoms with Gasteiger partial charge in [0.05, 0.1) is 17.0 Å². The van der Waals surface area contributed by atoms with Gasteiger partial charge in [0.2, 0.25) is 0 Å². The molecule has 2 rings (SSSR count). The Kier molecular flexibility index (Phi) is 15.2. The summed E-state index contributed by atoms with van der Waals surface area (Å²) in [6, 6.07) is 12.0. The zero-order valence-corrected chi connectivity index (χ0v) is 17.0. The molecule has 2 N–H and O–H groups in total.